The summed E-state index contributed by atoms with van der Waals surface area (Å²) < 4.78 is 2.54. The molecule has 384 valence electrons. The molecule has 0 saturated carbocycles. The summed E-state index contributed by atoms with van der Waals surface area (Å²) in [6.07, 6.45) is 0.651. The molecule has 6 aliphatic carbocycles. The average Bonchev–Trinajstić information content (AvgIpc) is 1.61. The fourth-order valence-electron chi connectivity index (χ4n) is 17.4. The third kappa shape index (κ3) is 5.46. The minimum atomic E-state index is -0.239. The van der Waals surface area contributed by atoms with Crippen molar-refractivity contribution in [3.8, 4) is 56.6 Å². The Morgan fingerprint density at radius 3 is 1.37 bits per heavy atom. The van der Waals surface area contributed by atoms with Crippen LogP contribution in [0.25, 0.3) is 82.6 Å². The molecule has 2 heterocycles. The lowest BCUT2D eigenvalue weighted by Gasteiger charge is -2.43. The molecule has 3 heteroatoms. The van der Waals surface area contributed by atoms with Crippen molar-refractivity contribution in [2.75, 3.05) is 0 Å². The predicted molar refractivity (Wildman–Crippen MR) is 333 cm³/mol. The van der Waals surface area contributed by atoms with Crippen molar-refractivity contribution >= 4 is 38.1 Å². The number of rotatable bonds is 3. The lowest BCUT2D eigenvalue weighted by Crippen LogP contribution is -2.28. The van der Waals surface area contributed by atoms with Gasteiger partial charge in [0.2, 0.25) is 0 Å². The van der Waals surface area contributed by atoms with Crippen molar-refractivity contribution in [2.45, 2.75) is 69.6 Å². The highest BCUT2D eigenvalue weighted by Crippen LogP contribution is 2.64. The lowest BCUT2D eigenvalue weighted by molar-refractivity contribution is 0.660. The fourth-order valence-corrected chi connectivity index (χ4v) is 17.4. The number of hydrogen-bond donors (Lipinski definition) is 0. The maximum Gasteiger partial charge on any atom is 0.0995 e. The minimum absolute atomic E-state index is 0.113. The van der Waals surface area contributed by atoms with Crippen LogP contribution in [0.3, 0.4) is 0 Å². The Kier molecular flexibility index (Phi) is 8.84. The molecule has 0 radical (unpaired) electrons. The normalized spacial score (nSPS) is 17.6. The van der Waals surface area contributed by atoms with Crippen LogP contribution in [0.4, 0.5) is 0 Å². The highest BCUT2D eigenvalue weighted by atomic mass is 14.9. The van der Waals surface area contributed by atoms with Crippen LogP contribution < -0.4 is 0 Å². The first-order valence-electron chi connectivity index (χ1n) is 29.1. The molecule has 82 heavy (non-hydrogen) atoms. The summed E-state index contributed by atoms with van der Waals surface area (Å²) in [5.41, 5.74) is 34.1. The van der Waals surface area contributed by atoms with E-state index >= 15 is 0 Å². The van der Waals surface area contributed by atoms with Gasteiger partial charge in [-0.3, -0.25) is 0 Å². The van der Waals surface area contributed by atoms with Crippen LogP contribution in [0, 0.1) is 29.6 Å². The molecule has 1 atom stereocenters. The summed E-state index contributed by atoms with van der Waals surface area (Å²) in [5.74, 6) is -0.391. The zero-order valence-corrected chi connectivity index (χ0v) is 46.3. The molecule has 3 nitrogen and oxygen atoms in total. The van der Waals surface area contributed by atoms with E-state index in [9.17, 15) is 10.5 Å². The van der Waals surface area contributed by atoms with Gasteiger partial charge >= 0.3 is 0 Å². The molecule has 11 aromatic carbocycles. The summed E-state index contributed by atoms with van der Waals surface area (Å²) in [6.45, 7) is 11.8. The standard InChI is InChI=1S/C79H53N3/c1-42-20-6-8-22-46(42)68-47-23-9-7-21-43(47)36-56-44(40-80)37-63-74(71(56)68)72-57(52-30-18-34-61-66(52)54-28-14-16-32-59(54)78(61,2)3)39-58(53-31-19-35-62-67(53)55-29-15-17-33-60(55)79(62,4)5)73-75-64(82(63)77(72)73)38-45(41-81)65-69-48-24-10-12-26-50(48)70(76(65)75)51-27-13-11-25-49(51)69/h6-35,37-39,68-70H,36H2,1-5H3. The third-order valence-electron chi connectivity index (χ3n) is 20.7. The Hall–Kier alpha value is -9.80. The maximum absolute atomic E-state index is 11.8. The van der Waals surface area contributed by atoms with Crippen LogP contribution in [0.1, 0.15) is 146 Å². The van der Waals surface area contributed by atoms with Gasteiger partial charge in [0, 0.05) is 50.1 Å². The zero-order chi connectivity index (χ0) is 54.8. The van der Waals surface area contributed by atoms with Gasteiger partial charge in [-0.05, 0) is 165 Å². The van der Waals surface area contributed by atoms with E-state index < -0.39 is 0 Å². The first kappa shape index (κ1) is 46.0. The Labute approximate surface area is 477 Å². The molecular formula is C79H53N3. The second kappa shape index (κ2) is 15.8. The number of benzene rings is 11. The summed E-state index contributed by atoms with van der Waals surface area (Å²) in [4.78, 5) is 0. The second-order valence-electron chi connectivity index (χ2n) is 25.1. The summed E-state index contributed by atoms with van der Waals surface area (Å²) in [7, 11) is 0. The van der Waals surface area contributed by atoms with Gasteiger partial charge in [-0.25, -0.2) is 0 Å². The summed E-state index contributed by atoms with van der Waals surface area (Å²) in [6, 6.07) is 80.9. The van der Waals surface area contributed by atoms with E-state index in [1.54, 1.807) is 0 Å². The zero-order valence-electron chi connectivity index (χ0n) is 46.3. The minimum Gasteiger partial charge on any atom is -0.308 e. The smallest absolute Gasteiger partial charge is 0.0995 e. The topological polar surface area (TPSA) is 52.0 Å². The fraction of sp³-hybridized carbons (Fsp3) is 0.139. The van der Waals surface area contributed by atoms with E-state index in [0.29, 0.717) is 17.5 Å². The molecule has 2 aromatic heterocycles. The molecule has 0 fully saturated rings. The van der Waals surface area contributed by atoms with E-state index in [0.717, 1.165) is 27.7 Å². The number of nitriles is 2. The molecule has 0 aliphatic heterocycles. The van der Waals surface area contributed by atoms with Gasteiger partial charge in [0.1, 0.15) is 0 Å². The molecule has 0 spiro atoms. The Bertz CT molecular complexity index is 5140. The van der Waals surface area contributed by atoms with Crippen molar-refractivity contribution < 1.29 is 0 Å². The predicted octanol–water partition coefficient (Wildman–Crippen LogP) is 18.9. The van der Waals surface area contributed by atoms with Gasteiger partial charge in [0.05, 0.1) is 39.8 Å². The summed E-state index contributed by atoms with van der Waals surface area (Å²) in [5, 5.41) is 28.3. The Morgan fingerprint density at radius 1 is 0.390 bits per heavy atom. The lowest BCUT2D eigenvalue weighted by atomic mass is 9.59. The van der Waals surface area contributed by atoms with Crippen molar-refractivity contribution in [1.29, 1.82) is 10.5 Å². The van der Waals surface area contributed by atoms with Gasteiger partial charge in [0.15, 0.2) is 0 Å². The van der Waals surface area contributed by atoms with Gasteiger partial charge in [-0.2, -0.15) is 10.5 Å². The van der Waals surface area contributed by atoms with Crippen LogP contribution in [0.5, 0.6) is 0 Å². The Balaban J connectivity index is 1.12. The molecule has 13 aromatic rings. The molecule has 2 bridgehead atoms. The van der Waals surface area contributed by atoms with Crippen molar-refractivity contribution in [3.05, 3.63) is 300 Å². The monoisotopic (exact) mass is 1040 g/mol. The molecule has 19 rings (SSSR count). The SMILES string of the molecule is Cc1ccccc1C1c2ccccc2Cc2c(C#N)cc3c(c21)c1c(-c2cccc4c2-c2ccccc2C4(C)C)cc(-c2cccc4c2-c2ccccc2C4(C)C)c2c4c5c(c(C#N)cc4n3c12)C1c2ccccc2C5c2ccccc21. The number of hydrogen-bond acceptors (Lipinski definition) is 2. The van der Waals surface area contributed by atoms with Gasteiger partial charge in [-0.1, -0.05) is 210 Å². The summed E-state index contributed by atoms with van der Waals surface area (Å²) >= 11 is 0. The van der Waals surface area contributed by atoms with Crippen molar-refractivity contribution in [1.82, 2.24) is 4.40 Å². The highest BCUT2D eigenvalue weighted by molar-refractivity contribution is 6.33. The number of fused-ring (bicyclic) bond motifs is 15. The van der Waals surface area contributed by atoms with Crippen LogP contribution in [0.2, 0.25) is 0 Å². The largest absolute Gasteiger partial charge is 0.308 e. The van der Waals surface area contributed by atoms with E-state index in [1.807, 2.05) is 0 Å². The number of aromatic nitrogens is 1. The van der Waals surface area contributed by atoms with E-state index in [1.165, 1.54) is 144 Å². The Morgan fingerprint density at radius 2 is 0.817 bits per heavy atom. The molecule has 0 amide bonds. The highest BCUT2D eigenvalue weighted by Gasteiger charge is 2.47. The van der Waals surface area contributed by atoms with Gasteiger partial charge in [0.25, 0.3) is 0 Å². The van der Waals surface area contributed by atoms with Gasteiger partial charge < -0.3 is 4.40 Å². The average molecular weight is 1040 g/mol. The molecule has 1 unspecified atom stereocenters. The molecular weight excluding hydrogens is 991 g/mol. The van der Waals surface area contributed by atoms with Crippen LogP contribution in [-0.4, -0.2) is 4.40 Å². The number of aryl methyl sites for hydroxylation is 1. The molecule has 6 aliphatic rings. The van der Waals surface area contributed by atoms with E-state index in [-0.39, 0.29) is 28.6 Å². The molecule has 0 saturated heterocycles. The van der Waals surface area contributed by atoms with Crippen molar-refractivity contribution in [2.24, 2.45) is 0 Å². The quantitative estimate of drug-likeness (QED) is 0.177. The second-order valence-corrected chi connectivity index (χ2v) is 25.1. The van der Waals surface area contributed by atoms with Gasteiger partial charge in [-0.15, -0.1) is 0 Å². The first-order chi connectivity index (χ1) is 40.1. The van der Waals surface area contributed by atoms with Crippen molar-refractivity contribution in [3.63, 3.8) is 0 Å². The first-order valence-corrected chi connectivity index (χ1v) is 29.1. The van der Waals surface area contributed by atoms with Crippen LogP contribution >= 0.6 is 0 Å². The van der Waals surface area contributed by atoms with E-state index in [2.05, 4.69) is 251 Å². The molecule has 0 N–H and O–H groups in total. The number of nitrogens with zero attached hydrogens (tertiary/aromatic N) is 3. The third-order valence-corrected chi connectivity index (χ3v) is 20.7. The van der Waals surface area contributed by atoms with Crippen LogP contribution in [0.15, 0.2) is 200 Å². The van der Waals surface area contributed by atoms with E-state index in [4.69, 9.17) is 0 Å². The maximum atomic E-state index is 11.8. The van der Waals surface area contributed by atoms with Crippen LogP contribution in [-0.2, 0) is 17.3 Å².